The molecule has 1 heterocycles. The molecule has 146 valence electrons. The smallest absolute Gasteiger partial charge is 0.226 e. The van der Waals surface area contributed by atoms with E-state index in [1.54, 1.807) is 0 Å². The number of hydrogen-bond donors (Lipinski definition) is 1. The highest BCUT2D eigenvalue weighted by Crippen LogP contribution is 2.40. The molecule has 2 amide bonds. The molecule has 0 spiro atoms. The maximum absolute atomic E-state index is 12.6. The number of benzene rings is 1. The van der Waals surface area contributed by atoms with Gasteiger partial charge in [-0.3, -0.25) is 14.5 Å². The Morgan fingerprint density at radius 2 is 1.85 bits per heavy atom. The molecule has 2 aliphatic rings. The van der Waals surface area contributed by atoms with Gasteiger partial charge in [-0.1, -0.05) is 49.4 Å². The Morgan fingerprint density at radius 1 is 1.15 bits per heavy atom. The van der Waals surface area contributed by atoms with Crippen LogP contribution in [-0.4, -0.2) is 60.4 Å². The monoisotopic (exact) mass is 369 g/mol. The van der Waals surface area contributed by atoms with Gasteiger partial charge >= 0.3 is 0 Å². The van der Waals surface area contributed by atoms with E-state index in [-0.39, 0.29) is 29.7 Å². The van der Waals surface area contributed by atoms with Crippen molar-refractivity contribution in [3.8, 4) is 0 Å². The zero-order valence-electron chi connectivity index (χ0n) is 16.4. The van der Waals surface area contributed by atoms with E-state index in [1.165, 1.54) is 5.56 Å². The number of hydrogen-bond acceptors (Lipinski definition) is 3. The third kappa shape index (κ3) is 5.42. The minimum Gasteiger partial charge on any atom is -0.353 e. The summed E-state index contributed by atoms with van der Waals surface area (Å²) >= 11 is 0. The predicted octanol–water partition coefficient (Wildman–Crippen LogP) is 2.39. The van der Waals surface area contributed by atoms with E-state index in [1.807, 2.05) is 30.0 Å². The fourth-order valence-electron chi connectivity index (χ4n) is 3.50. The van der Waals surface area contributed by atoms with Crippen LogP contribution in [0.25, 0.3) is 6.08 Å². The van der Waals surface area contributed by atoms with Crippen molar-refractivity contribution in [2.75, 3.05) is 32.7 Å². The second-order valence-electron chi connectivity index (χ2n) is 7.71. The zero-order valence-corrected chi connectivity index (χ0v) is 16.4. The molecule has 1 aromatic rings. The van der Waals surface area contributed by atoms with Crippen LogP contribution < -0.4 is 5.32 Å². The van der Waals surface area contributed by atoms with Crippen LogP contribution in [-0.2, 0) is 9.59 Å². The van der Waals surface area contributed by atoms with Gasteiger partial charge in [0, 0.05) is 38.8 Å². The summed E-state index contributed by atoms with van der Waals surface area (Å²) in [7, 11) is 0. The van der Waals surface area contributed by atoms with Crippen molar-refractivity contribution >= 4 is 17.9 Å². The first-order chi connectivity index (χ1) is 13.1. The summed E-state index contributed by atoms with van der Waals surface area (Å²) < 4.78 is 0. The van der Waals surface area contributed by atoms with Crippen LogP contribution in [0.4, 0.5) is 0 Å². The molecular formula is C22H31N3O2. The standard InChI is InChI=1S/C22H31N3O2/c1-3-17(2)23-21(26)19-16-20(19)22(27)25-14-12-24(13-15-25)11-7-10-18-8-5-4-6-9-18/h4-10,17,19-20H,3,11-16H2,1-2H3,(H,23,26)/b10-7+. The van der Waals surface area contributed by atoms with Gasteiger partial charge in [-0.2, -0.15) is 0 Å². The Labute approximate surface area is 162 Å². The summed E-state index contributed by atoms with van der Waals surface area (Å²) in [6.07, 6.45) is 5.95. The van der Waals surface area contributed by atoms with Crippen molar-refractivity contribution in [3.05, 3.63) is 42.0 Å². The van der Waals surface area contributed by atoms with Gasteiger partial charge in [0.25, 0.3) is 0 Å². The Bertz CT molecular complexity index is 665. The summed E-state index contributed by atoms with van der Waals surface area (Å²) in [6.45, 7) is 8.25. The molecular weight excluding hydrogens is 338 g/mol. The summed E-state index contributed by atoms with van der Waals surface area (Å²) in [6, 6.07) is 10.5. The Kier molecular flexibility index (Phi) is 6.67. The Morgan fingerprint density at radius 3 is 2.52 bits per heavy atom. The molecule has 5 nitrogen and oxygen atoms in total. The fourth-order valence-corrected chi connectivity index (χ4v) is 3.50. The lowest BCUT2D eigenvalue weighted by molar-refractivity contribution is -0.136. The lowest BCUT2D eigenvalue weighted by Gasteiger charge is -2.34. The number of amides is 2. The first-order valence-corrected chi connectivity index (χ1v) is 10.1. The summed E-state index contributed by atoms with van der Waals surface area (Å²) in [4.78, 5) is 29.1. The first-order valence-electron chi connectivity index (χ1n) is 10.1. The molecule has 27 heavy (non-hydrogen) atoms. The van der Waals surface area contributed by atoms with E-state index >= 15 is 0 Å². The SMILES string of the molecule is CCC(C)NC(=O)C1CC1C(=O)N1CCN(C/C=C/c2ccccc2)CC1. The lowest BCUT2D eigenvalue weighted by atomic mass is 10.2. The molecule has 0 bridgehead atoms. The van der Waals surface area contributed by atoms with Gasteiger partial charge in [0.1, 0.15) is 0 Å². The normalized spacial score (nSPS) is 24.0. The molecule has 5 heteroatoms. The highest BCUT2D eigenvalue weighted by molar-refractivity contribution is 5.92. The molecule has 0 aromatic heterocycles. The minimum absolute atomic E-state index is 0.0485. The van der Waals surface area contributed by atoms with E-state index in [0.717, 1.165) is 39.1 Å². The van der Waals surface area contributed by atoms with Gasteiger partial charge < -0.3 is 10.2 Å². The van der Waals surface area contributed by atoms with Crippen LogP contribution in [0.15, 0.2) is 36.4 Å². The van der Waals surface area contributed by atoms with Gasteiger partial charge in [-0.05, 0) is 25.3 Å². The van der Waals surface area contributed by atoms with E-state index < -0.39 is 0 Å². The van der Waals surface area contributed by atoms with E-state index in [9.17, 15) is 9.59 Å². The Hall–Kier alpha value is -2.14. The Balaban J connectivity index is 1.39. The van der Waals surface area contributed by atoms with Gasteiger partial charge in [0.05, 0.1) is 11.8 Å². The van der Waals surface area contributed by atoms with Crippen LogP contribution in [0, 0.1) is 11.8 Å². The molecule has 2 fully saturated rings. The van der Waals surface area contributed by atoms with E-state index in [4.69, 9.17) is 0 Å². The maximum Gasteiger partial charge on any atom is 0.226 e. The predicted molar refractivity (Wildman–Crippen MR) is 108 cm³/mol. The van der Waals surface area contributed by atoms with Gasteiger partial charge in [0.15, 0.2) is 0 Å². The summed E-state index contributed by atoms with van der Waals surface area (Å²) in [5.41, 5.74) is 1.21. The van der Waals surface area contributed by atoms with Crippen LogP contribution in [0.5, 0.6) is 0 Å². The molecule has 1 N–H and O–H groups in total. The van der Waals surface area contributed by atoms with Crippen LogP contribution in [0.2, 0.25) is 0 Å². The number of rotatable bonds is 7. The maximum atomic E-state index is 12.6. The second-order valence-corrected chi connectivity index (χ2v) is 7.71. The summed E-state index contributed by atoms with van der Waals surface area (Å²) in [5, 5.41) is 3.00. The van der Waals surface area contributed by atoms with Gasteiger partial charge in [-0.15, -0.1) is 0 Å². The van der Waals surface area contributed by atoms with Crippen LogP contribution in [0.3, 0.4) is 0 Å². The average Bonchev–Trinajstić information content (AvgIpc) is 3.50. The van der Waals surface area contributed by atoms with Crippen molar-refractivity contribution in [1.29, 1.82) is 0 Å². The summed E-state index contributed by atoms with van der Waals surface area (Å²) in [5.74, 6) is 0.00285. The van der Waals surface area contributed by atoms with E-state index in [0.29, 0.717) is 6.42 Å². The molecule has 3 atom stereocenters. The molecule has 1 aliphatic carbocycles. The average molecular weight is 370 g/mol. The molecule has 1 aliphatic heterocycles. The molecule has 3 unspecified atom stereocenters. The highest BCUT2D eigenvalue weighted by Gasteiger charge is 2.49. The topological polar surface area (TPSA) is 52.7 Å². The largest absolute Gasteiger partial charge is 0.353 e. The molecule has 1 saturated heterocycles. The third-order valence-corrected chi connectivity index (χ3v) is 5.60. The zero-order chi connectivity index (χ0) is 19.2. The third-order valence-electron chi connectivity index (χ3n) is 5.60. The number of carbonyl (C=O) groups excluding carboxylic acids is 2. The van der Waals surface area contributed by atoms with Crippen molar-refractivity contribution in [1.82, 2.24) is 15.1 Å². The fraction of sp³-hybridized carbons (Fsp3) is 0.545. The number of nitrogens with one attached hydrogen (secondary N) is 1. The van der Waals surface area contributed by atoms with Crippen molar-refractivity contribution < 1.29 is 9.59 Å². The highest BCUT2D eigenvalue weighted by atomic mass is 16.2. The van der Waals surface area contributed by atoms with Crippen molar-refractivity contribution in [3.63, 3.8) is 0 Å². The van der Waals surface area contributed by atoms with Crippen molar-refractivity contribution in [2.45, 2.75) is 32.7 Å². The quantitative estimate of drug-likeness (QED) is 0.803. The minimum atomic E-state index is -0.113. The van der Waals surface area contributed by atoms with E-state index in [2.05, 4.69) is 41.4 Å². The molecule has 0 radical (unpaired) electrons. The second kappa shape index (κ2) is 9.18. The first kappa shape index (κ1) is 19.6. The van der Waals surface area contributed by atoms with Crippen LogP contribution in [0.1, 0.15) is 32.3 Å². The van der Waals surface area contributed by atoms with Crippen LogP contribution >= 0.6 is 0 Å². The van der Waals surface area contributed by atoms with Gasteiger partial charge in [0.2, 0.25) is 11.8 Å². The molecule has 1 saturated carbocycles. The molecule has 3 rings (SSSR count). The molecule has 1 aromatic carbocycles. The number of nitrogens with zero attached hydrogens (tertiary/aromatic N) is 2. The van der Waals surface area contributed by atoms with Crippen molar-refractivity contribution in [2.24, 2.45) is 11.8 Å². The van der Waals surface area contributed by atoms with Gasteiger partial charge in [-0.25, -0.2) is 0 Å². The number of carbonyl (C=O) groups is 2. The lowest BCUT2D eigenvalue weighted by Crippen LogP contribution is -2.49. The number of piperazine rings is 1.